The van der Waals surface area contributed by atoms with Gasteiger partial charge in [-0.15, -0.1) is 0 Å². The van der Waals surface area contributed by atoms with Gasteiger partial charge in [0.05, 0.1) is 11.7 Å². The summed E-state index contributed by atoms with van der Waals surface area (Å²) in [7, 11) is 0. The molecule has 0 radical (unpaired) electrons. The van der Waals surface area contributed by atoms with E-state index in [0.29, 0.717) is 32.2 Å². The predicted molar refractivity (Wildman–Crippen MR) is 131 cm³/mol. The maximum atomic E-state index is 13.3. The minimum absolute atomic E-state index is 0.219. The third-order valence-corrected chi connectivity index (χ3v) is 6.17. The van der Waals surface area contributed by atoms with E-state index in [4.69, 9.17) is 4.98 Å². The zero-order chi connectivity index (χ0) is 22.5. The number of nitrogens with one attached hydrogen (secondary N) is 1. The SMILES string of the molecule is O=C1CCc2cccc(c2)-c2ccnc(n2)Cc2cccc(c2)CN[C@H]1Cc1ccccc1. The second kappa shape index (κ2) is 9.88. The van der Waals surface area contributed by atoms with Crippen LogP contribution in [0.4, 0.5) is 0 Å². The number of rotatable bonds is 2. The summed E-state index contributed by atoms with van der Waals surface area (Å²) in [5, 5.41) is 3.54. The van der Waals surface area contributed by atoms with Crippen LogP contribution in [0.1, 0.15) is 34.5 Å². The maximum Gasteiger partial charge on any atom is 0.150 e. The Morgan fingerprint density at radius 2 is 1.64 bits per heavy atom. The van der Waals surface area contributed by atoms with Crippen molar-refractivity contribution < 1.29 is 4.79 Å². The minimum Gasteiger partial charge on any atom is -0.303 e. The minimum atomic E-state index is -0.219. The lowest BCUT2D eigenvalue weighted by molar-refractivity contribution is -0.121. The van der Waals surface area contributed by atoms with Gasteiger partial charge in [-0.2, -0.15) is 0 Å². The normalized spacial score (nSPS) is 16.4. The monoisotopic (exact) mass is 433 g/mol. The van der Waals surface area contributed by atoms with Crippen LogP contribution in [0, 0.1) is 0 Å². The van der Waals surface area contributed by atoms with Crippen molar-refractivity contribution in [1.29, 1.82) is 0 Å². The van der Waals surface area contributed by atoms with E-state index >= 15 is 0 Å². The molecule has 33 heavy (non-hydrogen) atoms. The smallest absolute Gasteiger partial charge is 0.150 e. The topological polar surface area (TPSA) is 54.9 Å². The van der Waals surface area contributed by atoms with Crippen LogP contribution < -0.4 is 5.32 Å². The Labute approximate surface area is 194 Å². The molecule has 0 spiro atoms. The number of carbonyl (C=O) groups is 1. The lowest BCUT2D eigenvalue weighted by Gasteiger charge is -2.19. The van der Waals surface area contributed by atoms with Gasteiger partial charge in [-0.25, -0.2) is 9.97 Å². The molecule has 5 rings (SSSR count). The molecule has 1 N–H and O–H groups in total. The van der Waals surface area contributed by atoms with E-state index in [0.717, 1.165) is 28.2 Å². The third kappa shape index (κ3) is 5.41. The van der Waals surface area contributed by atoms with Crippen LogP contribution in [-0.2, 0) is 30.6 Å². The second-order valence-corrected chi connectivity index (χ2v) is 8.64. The summed E-state index contributed by atoms with van der Waals surface area (Å²) in [5.41, 5.74) is 6.62. The fraction of sp³-hybridized carbons (Fsp3) is 0.207. The molecule has 1 aliphatic rings. The summed E-state index contributed by atoms with van der Waals surface area (Å²) in [6, 6.07) is 28.8. The highest BCUT2D eigenvalue weighted by molar-refractivity contribution is 5.84. The highest BCUT2D eigenvalue weighted by Gasteiger charge is 2.19. The summed E-state index contributed by atoms with van der Waals surface area (Å²) in [4.78, 5) is 22.6. The first-order chi connectivity index (χ1) is 16.2. The number of benzene rings is 3. The zero-order valence-electron chi connectivity index (χ0n) is 18.6. The molecule has 2 heterocycles. The molecule has 164 valence electrons. The molecule has 0 fully saturated rings. The van der Waals surface area contributed by atoms with Gasteiger partial charge in [-0.1, -0.05) is 72.8 Å². The van der Waals surface area contributed by atoms with Crippen molar-refractivity contribution in [3.8, 4) is 11.3 Å². The molecular formula is C29H27N3O. The first-order valence-corrected chi connectivity index (χ1v) is 11.5. The molecule has 0 unspecified atom stereocenters. The molecule has 0 amide bonds. The van der Waals surface area contributed by atoms with Crippen LogP contribution >= 0.6 is 0 Å². The van der Waals surface area contributed by atoms with Gasteiger partial charge < -0.3 is 5.32 Å². The molecule has 0 aliphatic carbocycles. The van der Waals surface area contributed by atoms with Gasteiger partial charge in [0.25, 0.3) is 0 Å². The number of aryl methyl sites for hydroxylation is 1. The van der Waals surface area contributed by atoms with Crippen LogP contribution in [0.5, 0.6) is 0 Å². The van der Waals surface area contributed by atoms with Crippen molar-refractivity contribution in [1.82, 2.24) is 15.3 Å². The summed E-state index contributed by atoms with van der Waals surface area (Å²) in [5.74, 6) is 1.06. The van der Waals surface area contributed by atoms with E-state index < -0.39 is 0 Å². The Balaban J connectivity index is 1.49. The molecule has 4 aromatic rings. The van der Waals surface area contributed by atoms with Crippen LogP contribution in [-0.4, -0.2) is 21.8 Å². The standard InChI is InChI=1S/C29H27N3O/c33-28-13-12-22-8-5-11-25(17-22)26-14-15-30-29(32-26)19-23-9-4-10-24(16-23)20-31-27(28)18-21-6-2-1-3-7-21/h1-11,14-17,27,31H,12-13,18-20H2/t27-/m0/s1. The largest absolute Gasteiger partial charge is 0.303 e. The van der Waals surface area contributed by atoms with E-state index in [1.54, 1.807) is 0 Å². The third-order valence-electron chi connectivity index (χ3n) is 6.17. The molecule has 6 bridgehead atoms. The van der Waals surface area contributed by atoms with Gasteiger partial charge in [0.15, 0.2) is 0 Å². The van der Waals surface area contributed by atoms with Crippen molar-refractivity contribution in [3.05, 3.63) is 119 Å². The molecule has 4 heteroatoms. The Bertz CT molecular complexity index is 1250. The second-order valence-electron chi connectivity index (χ2n) is 8.64. The highest BCUT2D eigenvalue weighted by atomic mass is 16.1. The van der Waals surface area contributed by atoms with Gasteiger partial charge in [-0.3, -0.25) is 4.79 Å². The number of Topliss-reactive ketones (excluding diaryl/α,β-unsaturated/α-hetero) is 1. The highest BCUT2D eigenvalue weighted by Crippen LogP contribution is 2.21. The lowest BCUT2D eigenvalue weighted by Crippen LogP contribution is -2.38. The summed E-state index contributed by atoms with van der Waals surface area (Å²) < 4.78 is 0. The molecule has 1 atom stereocenters. The molecule has 1 aromatic heterocycles. The molecule has 1 aliphatic heterocycles. The van der Waals surface area contributed by atoms with E-state index in [2.05, 4.69) is 64.9 Å². The quantitative estimate of drug-likeness (QED) is 0.486. The van der Waals surface area contributed by atoms with Gasteiger partial charge in [0.1, 0.15) is 11.6 Å². The first-order valence-electron chi connectivity index (χ1n) is 11.5. The van der Waals surface area contributed by atoms with Crippen molar-refractivity contribution in [3.63, 3.8) is 0 Å². The van der Waals surface area contributed by atoms with Crippen LogP contribution in [0.25, 0.3) is 11.3 Å². The molecule has 0 saturated carbocycles. The van der Waals surface area contributed by atoms with E-state index in [1.165, 1.54) is 11.1 Å². The summed E-state index contributed by atoms with van der Waals surface area (Å²) in [6.45, 7) is 0.646. The number of ketones is 1. The van der Waals surface area contributed by atoms with Gasteiger partial charge in [0, 0.05) is 31.1 Å². The van der Waals surface area contributed by atoms with E-state index in [9.17, 15) is 4.79 Å². The Kier molecular flexibility index (Phi) is 6.36. The van der Waals surface area contributed by atoms with Gasteiger partial charge in [-0.05, 0) is 47.2 Å². The maximum absolute atomic E-state index is 13.3. The Morgan fingerprint density at radius 3 is 2.55 bits per heavy atom. The number of carbonyl (C=O) groups excluding carboxylic acids is 1. The molecule has 4 nitrogen and oxygen atoms in total. The lowest BCUT2D eigenvalue weighted by atomic mass is 9.96. The van der Waals surface area contributed by atoms with Gasteiger partial charge in [0.2, 0.25) is 0 Å². The molecule has 3 aromatic carbocycles. The van der Waals surface area contributed by atoms with E-state index in [-0.39, 0.29) is 11.8 Å². The van der Waals surface area contributed by atoms with E-state index in [1.807, 2.05) is 36.5 Å². The van der Waals surface area contributed by atoms with Crippen molar-refractivity contribution in [2.75, 3.05) is 0 Å². The number of nitrogens with zero attached hydrogens (tertiary/aromatic N) is 2. The van der Waals surface area contributed by atoms with Crippen LogP contribution in [0.3, 0.4) is 0 Å². The summed E-state index contributed by atoms with van der Waals surface area (Å²) >= 11 is 0. The number of hydrogen-bond donors (Lipinski definition) is 1. The zero-order valence-corrected chi connectivity index (χ0v) is 18.6. The van der Waals surface area contributed by atoms with Crippen molar-refractivity contribution in [2.45, 2.75) is 38.3 Å². The van der Waals surface area contributed by atoms with Crippen LogP contribution in [0.15, 0.2) is 91.1 Å². The Morgan fingerprint density at radius 1 is 0.818 bits per heavy atom. The van der Waals surface area contributed by atoms with Crippen molar-refractivity contribution in [2.24, 2.45) is 0 Å². The number of hydrogen-bond acceptors (Lipinski definition) is 4. The molecular weight excluding hydrogens is 406 g/mol. The number of fused-ring (bicyclic) bond motifs is 7. The van der Waals surface area contributed by atoms with Gasteiger partial charge >= 0.3 is 0 Å². The fourth-order valence-corrected chi connectivity index (χ4v) is 4.40. The number of aromatic nitrogens is 2. The summed E-state index contributed by atoms with van der Waals surface area (Å²) in [6.07, 6.45) is 4.41. The average molecular weight is 434 g/mol. The average Bonchev–Trinajstić information content (AvgIpc) is 2.86. The first kappa shape index (κ1) is 21.2. The van der Waals surface area contributed by atoms with Crippen molar-refractivity contribution >= 4 is 5.78 Å². The molecule has 0 saturated heterocycles. The predicted octanol–water partition coefficient (Wildman–Crippen LogP) is 4.95. The Hall–Kier alpha value is -3.63. The van der Waals surface area contributed by atoms with Crippen LogP contribution in [0.2, 0.25) is 0 Å². The fourth-order valence-electron chi connectivity index (χ4n) is 4.40.